The van der Waals surface area contributed by atoms with Crippen molar-refractivity contribution in [2.45, 2.75) is 13.5 Å². The maximum absolute atomic E-state index is 11.9. The number of carbonyl (C=O) groups excluding carboxylic acids is 2. The maximum atomic E-state index is 11.9. The van der Waals surface area contributed by atoms with Crippen LogP contribution in [-0.4, -0.2) is 18.0 Å². The first kappa shape index (κ1) is 21.1. The van der Waals surface area contributed by atoms with Crippen molar-refractivity contribution in [1.82, 2.24) is 5.43 Å². The van der Waals surface area contributed by atoms with Gasteiger partial charge in [-0.3, -0.25) is 9.59 Å². The van der Waals surface area contributed by atoms with E-state index >= 15 is 0 Å². The molecular weight excluding hydrogens is 402 g/mol. The number of hydrogen-bond donors (Lipinski definition) is 2. The minimum absolute atomic E-state index is 0.424. The molecule has 3 rings (SSSR count). The fraction of sp³-hybridized carbons (Fsp3) is 0.0870. The molecule has 152 valence electrons. The third-order valence-corrected chi connectivity index (χ3v) is 4.27. The quantitative estimate of drug-likeness (QED) is 0.353. The Morgan fingerprint density at radius 1 is 1.00 bits per heavy atom. The van der Waals surface area contributed by atoms with Crippen molar-refractivity contribution in [2.24, 2.45) is 5.10 Å². The van der Waals surface area contributed by atoms with Crippen LogP contribution in [0.4, 0.5) is 5.69 Å². The van der Waals surface area contributed by atoms with E-state index in [0.717, 1.165) is 16.9 Å². The highest BCUT2D eigenvalue weighted by Crippen LogP contribution is 2.15. The third-order valence-electron chi connectivity index (χ3n) is 4.04. The molecule has 2 amide bonds. The number of hydrazone groups is 1. The zero-order valence-corrected chi connectivity index (χ0v) is 17.0. The Balaban J connectivity index is 1.47. The van der Waals surface area contributed by atoms with Gasteiger partial charge < -0.3 is 10.1 Å². The van der Waals surface area contributed by atoms with Gasteiger partial charge in [-0.15, -0.1) is 0 Å². The Bertz CT molecular complexity index is 1070. The minimum atomic E-state index is -0.885. The third kappa shape index (κ3) is 6.46. The number of aryl methyl sites for hydroxylation is 1. The number of anilines is 1. The lowest BCUT2D eigenvalue weighted by Crippen LogP contribution is -2.32. The van der Waals surface area contributed by atoms with Crippen molar-refractivity contribution < 1.29 is 14.3 Å². The summed E-state index contributed by atoms with van der Waals surface area (Å²) in [5, 5.41) is 6.70. The Kier molecular flexibility index (Phi) is 7.19. The number of ether oxygens (including phenoxy) is 1. The second-order valence-electron chi connectivity index (χ2n) is 6.51. The molecule has 2 N–H and O–H groups in total. The van der Waals surface area contributed by atoms with Gasteiger partial charge >= 0.3 is 11.8 Å². The van der Waals surface area contributed by atoms with Crippen molar-refractivity contribution in [1.29, 1.82) is 0 Å². The zero-order valence-electron chi connectivity index (χ0n) is 16.3. The van der Waals surface area contributed by atoms with Gasteiger partial charge in [-0.25, -0.2) is 5.43 Å². The van der Waals surface area contributed by atoms with E-state index in [4.69, 9.17) is 16.3 Å². The summed E-state index contributed by atoms with van der Waals surface area (Å²) in [5.74, 6) is -1.00. The normalized spacial score (nSPS) is 10.6. The molecule has 3 aromatic carbocycles. The van der Waals surface area contributed by atoms with Gasteiger partial charge in [0.2, 0.25) is 0 Å². The molecule has 0 aliphatic rings. The summed E-state index contributed by atoms with van der Waals surface area (Å²) in [4.78, 5) is 23.7. The molecule has 6 nitrogen and oxygen atoms in total. The van der Waals surface area contributed by atoms with Crippen LogP contribution >= 0.6 is 11.6 Å². The number of benzene rings is 3. The number of halogens is 1. The van der Waals surface area contributed by atoms with Crippen LogP contribution in [0.3, 0.4) is 0 Å². The lowest BCUT2D eigenvalue weighted by Gasteiger charge is -2.07. The summed E-state index contributed by atoms with van der Waals surface area (Å²) in [5.41, 5.74) is 5.64. The SMILES string of the molecule is Cc1cccc(COc2ccc(C=NNC(=O)C(=O)Nc3cccc(Cl)c3)cc2)c1. The van der Waals surface area contributed by atoms with Gasteiger partial charge in [0.25, 0.3) is 0 Å². The predicted molar refractivity (Wildman–Crippen MR) is 118 cm³/mol. The topological polar surface area (TPSA) is 79.8 Å². The second-order valence-corrected chi connectivity index (χ2v) is 6.95. The van der Waals surface area contributed by atoms with Crippen LogP contribution < -0.4 is 15.5 Å². The Morgan fingerprint density at radius 3 is 2.50 bits per heavy atom. The van der Waals surface area contributed by atoms with Crippen molar-refractivity contribution in [3.05, 3.63) is 94.5 Å². The average molecular weight is 422 g/mol. The molecule has 0 heterocycles. The number of rotatable bonds is 6. The van der Waals surface area contributed by atoms with Gasteiger partial charge in [0.1, 0.15) is 12.4 Å². The lowest BCUT2D eigenvalue weighted by molar-refractivity contribution is -0.136. The summed E-state index contributed by atoms with van der Waals surface area (Å²) in [7, 11) is 0. The molecule has 0 saturated carbocycles. The molecule has 0 unspecified atom stereocenters. The van der Waals surface area contributed by atoms with Crippen molar-refractivity contribution >= 4 is 35.3 Å². The molecule has 3 aromatic rings. The Morgan fingerprint density at radius 2 is 1.77 bits per heavy atom. The number of nitrogens with zero attached hydrogens (tertiary/aromatic N) is 1. The van der Waals surface area contributed by atoms with Gasteiger partial charge in [0.05, 0.1) is 6.21 Å². The Hall–Kier alpha value is -3.64. The van der Waals surface area contributed by atoms with Gasteiger partial charge in [-0.05, 0) is 60.5 Å². The largest absolute Gasteiger partial charge is 0.489 e. The highest BCUT2D eigenvalue weighted by molar-refractivity contribution is 6.39. The van der Waals surface area contributed by atoms with Crippen molar-refractivity contribution in [2.75, 3.05) is 5.32 Å². The molecule has 30 heavy (non-hydrogen) atoms. The maximum Gasteiger partial charge on any atom is 0.329 e. The summed E-state index contributed by atoms with van der Waals surface area (Å²) < 4.78 is 5.76. The Labute approximate surface area is 179 Å². The fourth-order valence-corrected chi connectivity index (χ4v) is 2.78. The minimum Gasteiger partial charge on any atom is -0.489 e. The van der Waals surface area contributed by atoms with Crippen LogP contribution in [0, 0.1) is 6.92 Å². The van der Waals surface area contributed by atoms with Crippen LogP contribution in [-0.2, 0) is 16.2 Å². The number of amides is 2. The van der Waals surface area contributed by atoms with E-state index in [-0.39, 0.29) is 0 Å². The second kappa shape index (κ2) is 10.2. The summed E-state index contributed by atoms with van der Waals surface area (Å²) in [6.45, 7) is 2.52. The van der Waals surface area contributed by atoms with Crippen LogP contribution in [0.2, 0.25) is 5.02 Å². The highest BCUT2D eigenvalue weighted by atomic mass is 35.5. The number of carbonyl (C=O) groups is 2. The monoisotopic (exact) mass is 421 g/mol. The van der Waals surface area contributed by atoms with E-state index in [1.54, 1.807) is 36.4 Å². The zero-order chi connectivity index (χ0) is 21.3. The first-order valence-corrected chi connectivity index (χ1v) is 9.56. The van der Waals surface area contributed by atoms with Crippen LogP contribution in [0.25, 0.3) is 0 Å². The van der Waals surface area contributed by atoms with E-state index in [2.05, 4.69) is 21.9 Å². The smallest absolute Gasteiger partial charge is 0.329 e. The summed E-state index contributed by atoms with van der Waals surface area (Å²) in [6.07, 6.45) is 1.44. The van der Waals surface area contributed by atoms with E-state index in [0.29, 0.717) is 17.3 Å². The number of hydrogen-bond acceptors (Lipinski definition) is 4. The highest BCUT2D eigenvalue weighted by Gasteiger charge is 2.12. The fourth-order valence-electron chi connectivity index (χ4n) is 2.59. The van der Waals surface area contributed by atoms with Crippen LogP contribution in [0.5, 0.6) is 5.75 Å². The van der Waals surface area contributed by atoms with E-state index in [9.17, 15) is 9.59 Å². The molecule has 0 radical (unpaired) electrons. The molecule has 0 aliphatic heterocycles. The van der Waals surface area contributed by atoms with Crippen molar-refractivity contribution in [3.8, 4) is 5.75 Å². The van der Waals surface area contributed by atoms with Gasteiger partial charge in [-0.1, -0.05) is 47.5 Å². The molecule has 0 aliphatic carbocycles. The molecule has 7 heteroatoms. The molecule has 0 saturated heterocycles. The summed E-state index contributed by atoms with van der Waals surface area (Å²) in [6, 6.07) is 21.8. The van der Waals surface area contributed by atoms with Gasteiger partial charge in [0.15, 0.2) is 0 Å². The number of nitrogens with one attached hydrogen (secondary N) is 2. The van der Waals surface area contributed by atoms with E-state index in [1.165, 1.54) is 11.8 Å². The lowest BCUT2D eigenvalue weighted by atomic mass is 10.1. The standard InChI is InChI=1S/C23H20ClN3O3/c1-16-4-2-5-18(12-16)15-30-21-10-8-17(9-11-21)14-25-27-23(29)22(28)26-20-7-3-6-19(24)13-20/h2-14H,15H2,1H3,(H,26,28)(H,27,29). The molecule has 0 spiro atoms. The first-order valence-electron chi connectivity index (χ1n) is 9.18. The summed E-state index contributed by atoms with van der Waals surface area (Å²) >= 11 is 5.84. The van der Waals surface area contributed by atoms with Gasteiger partial charge in [0, 0.05) is 10.7 Å². The predicted octanol–water partition coefficient (Wildman–Crippen LogP) is 4.32. The molecular formula is C23H20ClN3O3. The van der Waals surface area contributed by atoms with Gasteiger partial charge in [-0.2, -0.15) is 5.10 Å². The van der Waals surface area contributed by atoms with E-state index < -0.39 is 11.8 Å². The van der Waals surface area contributed by atoms with Crippen LogP contribution in [0.15, 0.2) is 77.9 Å². The first-order chi connectivity index (χ1) is 14.5. The molecule has 0 bridgehead atoms. The molecule has 0 atom stereocenters. The molecule has 0 aromatic heterocycles. The van der Waals surface area contributed by atoms with E-state index in [1.807, 2.05) is 37.3 Å². The van der Waals surface area contributed by atoms with Crippen molar-refractivity contribution in [3.63, 3.8) is 0 Å². The van der Waals surface area contributed by atoms with Crippen LogP contribution in [0.1, 0.15) is 16.7 Å². The average Bonchev–Trinajstić information content (AvgIpc) is 2.73. The molecule has 0 fully saturated rings.